The van der Waals surface area contributed by atoms with Crippen LogP contribution in [0.3, 0.4) is 0 Å². The number of benzene rings is 1. The summed E-state index contributed by atoms with van der Waals surface area (Å²) < 4.78 is 5.44. The molecule has 1 aromatic rings. The van der Waals surface area contributed by atoms with Crippen LogP contribution in [-0.4, -0.2) is 18.3 Å². The fourth-order valence-corrected chi connectivity index (χ4v) is 2.27. The van der Waals surface area contributed by atoms with Crippen molar-refractivity contribution in [3.63, 3.8) is 0 Å². The van der Waals surface area contributed by atoms with Crippen LogP contribution in [0.4, 0.5) is 0 Å². The number of aliphatic hydroxyl groups is 1. The van der Waals surface area contributed by atoms with E-state index >= 15 is 0 Å². The van der Waals surface area contributed by atoms with Crippen LogP contribution in [0.15, 0.2) is 30.3 Å². The molecule has 1 aliphatic heterocycles. The summed E-state index contributed by atoms with van der Waals surface area (Å²) in [6, 6.07) is 9.90. The Kier molecular flexibility index (Phi) is 4.37. The predicted octanol–water partition coefficient (Wildman–Crippen LogP) is 2.93. The van der Waals surface area contributed by atoms with Crippen LogP contribution in [0, 0.1) is 5.92 Å². The van der Waals surface area contributed by atoms with Gasteiger partial charge in [-0.3, -0.25) is 0 Å². The van der Waals surface area contributed by atoms with Gasteiger partial charge in [-0.2, -0.15) is 0 Å². The van der Waals surface area contributed by atoms with Crippen LogP contribution in [0.1, 0.15) is 37.4 Å². The summed E-state index contributed by atoms with van der Waals surface area (Å²) >= 11 is 0. The fourth-order valence-electron chi connectivity index (χ4n) is 2.27. The van der Waals surface area contributed by atoms with E-state index in [4.69, 9.17) is 4.74 Å². The Morgan fingerprint density at radius 3 is 2.81 bits per heavy atom. The van der Waals surface area contributed by atoms with E-state index in [9.17, 15) is 5.11 Å². The van der Waals surface area contributed by atoms with Crippen molar-refractivity contribution in [3.05, 3.63) is 35.9 Å². The summed E-state index contributed by atoms with van der Waals surface area (Å²) in [6.07, 6.45) is 4.02. The normalized spacial score (nSPS) is 22.9. The molecule has 88 valence electrons. The lowest BCUT2D eigenvalue weighted by Gasteiger charge is -2.23. The summed E-state index contributed by atoms with van der Waals surface area (Å²) in [7, 11) is 0. The molecule has 0 radical (unpaired) electrons. The molecule has 0 saturated carbocycles. The highest BCUT2D eigenvalue weighted by Gasteiger charge is 2.16. The standard InChI is InChI=1S/C14H20O2/c15-14(13-6-2-1-3-7-13)9-8-12-5-4-10-16-11-12/h1-3,6-7,12,14-15H,4-5,8-11H2. The average Bonchev–Trinajstić information content (AvgIpc) is 2.38. The fraction of sp³-hybridized carbons (Fsp3) is 0.571. The number of rotatable bonds is 4. The van der Waals surface area contributed by atoms with Crippen LogP contribution in [0.5, 0.6) is 0 Å². The van der Waals surface area contributed by atoms with Gasteiger partial charge in [0.15, 0.2) is 0 Å². The maximum absolute atomic E-state index is 10.0. The van der Waals surface area contributed by atoms with Gasteiger partial charge in [-0.05, 0) is 37.2 Å². The first-order chi connectivity index (χ1) is 7.86. The Morgan fingerprint density at radius 2 is 2.12 bits per heavy atom. The van der Waals surface area contributed by atoms with Gasteiger partial charge in [0.25, 0.3) is 0 Å². The van der Waals surface area contributed by atoms with Gasteiger partial charge in [-0.15, -0.1) is 0 Å². The molecular weight excluding hydrogens is 200 g/mol. The molecule has 0 aliphatic carbocycles. The lowest BCUT2D eigenvalue weighted by Crippen LogP contribution is -2.17. The van der Waals surface area contributed by atoms with E-state index in [2.05, 4.69) is 0 Å². The third-order valence-corrected chi connectivity index (χ3v) is 3.29. The zero-order chi connectivity index (χ0) is 11.2. The van der Waals surface area contributed by atoms with E-state index < -0.39 is 0 Å². The topological polar surface area (TPSA) is 29.5 Å². The second kappa shape index (κ2) is 6.02. The zero-order valence-electron chi connectivity index (χ0n) is 9.64. The van der Waals surface area contributed by atoms with E-state index in [0.29, 0.717) is 5.92 Å². The number of hydrogen-bond donors (Lipinski definition) is 1. The lowest BCUT2D eigenvalue weighted by atomic mass is 9.93. The molecule has 2 atom stereocenters. The first-order valence-electron chi connectivity index (χ1n) is 6.17. The van der Waals surface area contributed by atoms with Crippen molar-refractivity contribution in [2.24, 2.45) is 5.92 Å². The molecule has 16 heavy (non-hydrogen) atoms. The largest absolute Gasteiger partial charge is 0.388 e. The Morgan fingerprint density at radius 1 is 1.31 bits per heavy atom. The molecule has 0 aromatic heterocycles. The van der Waals surface area contributed by atoms with Gasteiger partial charge in [0.2, 0.25) is 0 Å². The smallest absolute Gasteiger partial charge is 0.0790 e. The van der Waals surface area contributed by atoms with Crippen LogP contribution < -0.4 is 0 Å². The predicted molar refractivity (Wildman–Crippen MR) is 64.2 cm³/mol. The minimum atomic E-state index is -0.317. The van der Waals surface area contributed by atoms with Gasteiger partial charge >= 0.3 is 0 Å². The van der Waals surface area contributed by atoms with Gasteiger partial charge in [0.1, 0.15) is 0 Å². The molecular formula is C14H20O2. The van der Waals surface area contributed by atoms with Crippen LogP contribution in [0.25, 0.3) is 0 Å². The Labute approximate surface area is 97.3 Å². The second-order valence-electron chi connectivity index (χ2n) is 4.59. The van der Waals surface area contributed by atoms with Gasteiger partial charge in [-0.25, -0.2) is 0 Å². The highest BCUT2D eigenvalue weighted by molar-refractivity contribution is 5.17. The molecule has 0 bridgehead atoms. The quantitative estimate of drug-likeness (QED) is 0.845. The van der Waals surface area contributed by atoms with Crippen molar-refractivity contribution in [1.29, 1.82) is 0 Å². The summed E-state index contributed by atoms with van der Waals surface area (Å²) in [6.45, 7) is 1.79. The SMILES string of the molecule is OC(CCC1CCCOC1)c1ccccc1. The van der Waals surface area contributed by atoms with Gasteiger partial charge in [0.05, 0.1) is 6.10 Å². The van der Waals surface area contributed by atoms with Crippen molar-refractivity contribution in [3.8, 4) is 0 Å². The number of ether oxygens (including phenoxy) is 1. The molecule has 2 heteroatoms. The maximum Gasteiger partial charge on any atom is 0.0790 e. The van der Waals surface area contributed by atoms with E-state index in [1.165, 1.54) is 12.8 Å². The minimum absolute atomic E-state index is 0.317. The van der Waals surface area contributed by atoms with E-state index in [1.807, 2.05) is 30.3 Å². The van der Waals surface area contributed by atoms with E-state index in [0.717, 1.165) is 31.6 Å². The summed E-state index contributed by atoms with van der Waals surface area (Å²) in [5.41, 5.74) is 1.03. The third-order valence-electron chi connectivity index (χ3n) is 3.29. The van der Waals surface area contributed by atoms with Crippen LogP contribution in [-0.2, 0) is 4.74 Å². The Balaban J connectivity index is 1.77. The van der Waals surface area contributed by atoms with Gasteiger partial charge in [0, 0.05) is 13.2 Å². The molecule has 1 saturated heterocycles. The molecule has 2 rings (SSSR count). The zero-order valence-corrected chi connectivity index (χ0v) is 9.64. The highest BCUT2D eigenvalue weighted by atomic mass is 16.5. The summed E-state index contributed by atoms with van der Waals surface area (Å²) in [4.78, 5) is 0. The van der Waals surface area contributed by atoms with Crippen molar-refractivity contribution in [2.75, 3.05) is 13.2 Å². The van der Waals surface area contributed by atoms with Crippen LogP contribution in [0.2, 0.25) is 0 Å². The van der Waals surface area contributed by atoms with Gasteiger partial charge < -0.3 is 9.84 Å². The van der Waals surface area contributed by atoms with Crippen LogP contribution >= 0.6 is 0 Å². The third kappa shape index (κ3) is 3.32. The van der Waals surface area contributed by atoms with Crippen molar-refractivity contribution < 1.29 is 9.84 Å². The molecule has 1 N–H and O–H groups in total. The minimum Gasteiger partial charge on any atom is -0.388 e. The molecule has 0 amide bonds. The summed E-state index contributed by atoms with van der Waals surface area (Å²) in [5.74, 6) is 0.645. The second-order valence-corrected chi connectivity index (χ2v) is 4.59. The Hall–Kier alpha value is -0.860. The van der Waals surface area contributed by atoms with E-state index in [-0.39, 0.29) is 6.10 Å². The molecule has 1 aromatic carbocycles. The highest BCUT2D eigenvalue weighted by Crippen LogP contribution is 2.24. The lowest BCUT2D eigenvalue weighted by molar-refractivity contribution is 0.0440. The number of hydrogen-bond acceptors (Lipinski definition) is 2. The first-order valence-corrected chi connectivity index (χ1v) is 6.17. The molecule has 2 nitrogen and oxygen atoms in total. The monoisotopic (exact) mass is 220 g/mol. The molecule has 1 heterocycles. The molecule has 2 unspecified atom stereocenters. The maximum atomic E-state index is 10.0. The van der Waals surface area contributed by atoms with Gasteiger partial charge in [-0.1, -0.05) is 30.3 Å². The molecule has 1 aliphatic rings. The molecule has 1 fully saturated rings. The molecule has 0 spiro atoms. The van der Waals surface area contributed by atoms with E-state index in [1.54, 1.807) is 0 Å². The first kappa shape index (κ1) is 11.6. The van der Waals surface area contributed by atoms with Crippen molar-refractivity contribution in [2.45, 2.75) is 31.8 Å². The number of aliphatic hydroxyl groups excluding tert-OH is 1. The average molecular weight is 220 g/mol. The van der Waals surface area contributed by atoms with Crippen molar-refractivity contribution >= 4 is 0 Å². The summed E-state index contributed by atoms with van der Waals surface area (Å²) in [5, 5.41) is 10.0. The Bertz CT molecular complexity index is 291. The van der Waals surface area contributed by atoms with Crippen molar-refractivity contribution in [1.82, 2.24) is 0 Å².